The van der Waals surface area contributed by atoms with Crippen LogP contribution in [0.5, 0.6) is 0 Å². The molecule has 4 nitrogen and oxygen atoms in total. The van der Waals surface area contributed by atoms with Crippen LogP contribution in [0.25, 0.3) is 0 Å². The molecule has 0 spiro atoms. The van der Waals surface area contributed by atoms with Gasteiger partial charge in [-0.15, -0.1) is 0 Å². The van der Waals surface area contributed by atoms with Crippen molar-refractivity contribution >= 4 is 40.1 Å². The first-order valence-corrected chi connectivity index (χ1v) is 7.65. The van der Waals surface area contributed by atoms with E-state index in [9.17, 15) is 14.0 Å². The third-order valence-corrected chi connectivity index (χ3v) is 4.69. The quantitative estimate of drug-likeness (QED) is 0.789. The highest BCUT2D eigenvalue weighted by Gasteiger charge is 2.46. The summed E-state index contributed by atoms with van der Waals surface area (Å²) in [4.78, 5) is 26.2. The number of hydrogen-bond donors (Lipinski definition) is 1. The van der Waals surface area contributed by atoms with E-state index in [1.807, 2.05) is 22.6 Å². The maximum Gasteiger partial charge on any atom is 0.250 e. The van der Waals surface area contributed by atoms with Crippen molar-refractivity contribution in [3.8, 4) is 0 Å². The van der Waals surface area contributed by atoms with Gasteiger partial charge in [0.15, 0.2) is 0 Å². The first-order chi connectivity index (χ1) is 9.49. The molecule has 1 aromatic carbocycles. The highest BCUT2D eigenvalue weighted by Crippen LogP contribution is 2.37. The van der Waals surface area contributed by atoms with E-state index in [1.165, 1.54) is 17.0 Å². The van der Waals surface area contributed by atoms with Crippen molar-refractivity contribution in [3.05, 3.63) is 27.6 Å². The summed E-state index contributed by atoms with van der Waals surface area (Å²) in [5.41, 5.74) is 0.602. The normalized spacial score (nSPS) is 26.6. The summed E-state index contributed by atoms with van der Waals surface area (Å²) < 4.78 is 13.8. The number of hydrogen-bond acceptors (Lipinski definition) is 2. The fourth-order valence-electron chi connectivity index (χ4n) is 2.55. The van der Waals surface area contributed by atoms with Crippen molar-refractivity contribution in [1.82, 2.24) is 5.32 Å². The molecule has 2 amide bonds. The summed E-state index contributed by atoms with van der Waals surface area (Å²) in [5.74, 6) is -0.344. The Hall–Kier alpha value is -1.18. The molecule has 0 aromatic heterocycles. The van der Waals surface area contributed by atoms with Gasteiger partial charge >= 0.3 is 0 Å². The average Bonchev–Trinajstić information content (AvgIpc) is 3.21. The zero-order chi connectivity index (χ0) is 14.4. The minimum Gasteiger partial charge on any atom is -0.342 e. The summed E-state index contributed by atoms with van der Waals surface area (Å²) in [6, 6.07) is 3.25. The average molecular weight is 388 g/mol. The predicted molar refractivity (Wildman–Crippen MR) is 80.7 cm³/mol. The van der Waals surface area contributed by atoms with E-state index in [2.05, 4.69) is 5.32 Å². The summed E-state index contributed by atoms with van der Waals surface area (Å²) in [6.45, 7) is 1.69. The lowest BCUT2D eigenvalue weighted by atomic mass is 10.0. The molecular weight excluding hydrogens is 374 g/mol. The summed E-state index contributed by atoms with van der Waals surface area (Å²) in [7, 11) is 0. The Bertz CT molecular complexity index is 589. The van der Waals surface area contributed by atoms with Gasteiger partial charge in [-0.1, -0.05) is 0 Å². The Balaban J connectivity index is 1.99. The standard InChI is InChI=1S/C14H14FIN2O2/c1-7-13(19)17-12(8-2-3-8)14(20)18(7)11-5-4-9(15)6-10(11)16/h4-8,12H,2-3H2,1H3,(H,17,19). The lowest BCUT2D eigenvalue weighted by molar-refractivity contribution is -0.134. The molecular formula is C14H14FIN2O2. The SMILES string of the molecule is CC1C(=O)NC(C2CC2)C(=O)N1c1ccc(F)cc1I. The maximum atomic E-state index is 13.2. The van der Waals surface area contributed by atoms with Crippen LogP contribution in [-0.4, -0.2) is 23.9 Å². The lowest BCUT2D eigenvalue weighted by Crippen LogP contribution is -2.63. The number of piperazine rings is 1. The Morgan fingerprint density at radius 1 is 1.35 bits per heavy atom. The van der Waals surface area contributed by atoms with Crippen molar-refractivity contribution in [2.75, 3.05) is 4.90 Å². The molecule has 1 saturated carbocycles. The molecule has 0 radical (unpaired) electrons. The van der Waals surface area contributed by atoms with Gasteiger partial charge in [0.2, 0.25) is 5.91 Å². The number of amides is 2. The van der Waals surface area contributed by atoms with E-state index in [4.69, 9.17) is 0 Å². The second-order valence-corrected chi connectivity index (χ2v) is 6.47. The predicted octanol–water partition coefficient (Wildman–Crippen LogP) is 2.06. The van der Waals surface area contributed by atoms with Gasteiger partial charge in [-0.05, 0) is 66.5 Å². The van der Waals surface area contributed by atoms with Gasteiger partial charge in [0.1, 0.15) is 17.9 Å². The van der Waals surface area contributed by atoms with Gasteiger partial charge in [0.25, 0.3) is 5.91 Å². The zero-order valence-electron chi connectivity index (χ0n) is 10.9. The first kappa shape index (κ1) is 13.8. The number of benzene rings is 1. The number of nitrogens with zero attached hydrogens (tertiary/aromatic N) is 1. The molecule has 1 heterocycles. The molecule has 20 heavy (non-hydrogen) atoms. The molecule has 1 saturated heterocycles. The molecule has 3 rings (SSSR count). The monoisotopic (exact) mass is 388 g/mol. The second-order valence-electron chi connectivity index (χ2n) is 5.30. The van der Waals surface area contributed by atoms with E-state index in [-0.39, 0.29) is 23.5 Å². The number of nitrogens with one attached hydrogen (secondary N) is 1. The van der Waals surface area contributed by atoms with Gasteiger partial charge in [-0.25, -0.2) is 4.39 Å². The van der Waals surface area contributed by atoms with E-state index < -0.39 is 12.1 Å². The van der Waals surface area contributed by atoms with Crippen LogP contribution in [0, 0.1) is 15.3 Å². The number of carbonyl (C=O) groups is 2. The molecule has 2 atom stereocenters. The molecule has 2 aliphatic rings. The topological polar surface area (TPSA) is 49.4 Å². The van der Waals surface area contributed by atoms with Crippen LogP contribution in [0.4, 0.5) is 10.1 Å². The number of anilines is 1. The van der Waals surface area contributed by atoms with E-state index >= 15 is 0 Å². The Labute approximate surface area is 129 Å². The molecule has 1 aliphatic carbocycles. The van der Waals surface area contributed by atoms with Gasteiger partial charge in [-0.3, -0.25) is 14.5 Å². The summed E-state index contributed by atoms with van der Waals surface area (Å²) >= 11 is 1.99. The third-order valence-electron chi connectivity index (χ3n) is 3.83. The fourth-order valence-corrected chi connectivity index (χ4v) is 3.28. The van der Waals surface area contributed by atoms with Crippen molar-refractivity contribution in [3.63, 3.8) is 0 Å². The number of halogens is 2. The van der Waals surface area contributed by atoms with Crippen LogP contribution < -0.4 is 10.2 Å². The largest absolute Gasteiger partial charge is 0.342 e. The van der Waals surface area contributed by atoms with E-state index in [1.54, 1.807) is 13.0 Å². The first-order valence-electron chi connectivity index (χ1n) is 6.57. The van der Waals surface area contributed by atoms with Crippen LogP contribution in [0.2, 0.25) is 0 Å². The van der Waals surface area contributed by atoms with Crippen molar-refractivity contribution < 1.29 is 14.0 Å². The van der Waals surface area contributed by atoms with Crippen LogP contribution in [0.15, 0.2) is 18.2 Å². The smallest absolute Gasteiger partial charge is 0.250 e. The van der Waals surface area contributed by atoms with Crippen molar-refractivity contribution in [2.24, 2.45) is 5.92 Å². The van der Waals surface area contributed by atoms with Crippen molar-refractivity contribution in [2.45, 2.75) is 31.8 Å². The molecule has 106 valence electrons. The lowest BCUT2D eigenvalue weighted by Gasteiger charge is -2.38. The highest BCUT2D eigenvalue weighted by molar-refractivity contribution is 14.1. The molecule has 0 bridgehead atoms. The molecule has 6 heteroatoms. The fraction of sp³-hybridized carbons (Fsp3) is 0.429. The molecule has 2 unspecified atom stereocenters. The van der Waals surface area contributed by atoms with Crippen LogP contribution in [-0.2, 0) is 9.59 Å². The van der Waals surface area contributed by atoms with Crippen LogP contribution >= 0.6 is 22.6 Å². The van der Waals surface area contributed by atoms with Crippen LogP contribution in [0.1, 0.15) is 19.8 Å². The molecule has 1 N–H and O–H groups in total. The van der Waals surface area contributed by atoms with Gasteiger partial charge in [0, 0.05) is 3.57 Å². The molecule has 1 aromatic rings. The van der Waals surface area contributed by atoms with Gasteiger partial charge < -0.3 is 5.32 Å². The maximum absolute atomic E-state index is 13.2. The minimum absolute atomic E-state index is 0.0934. The van der Waals surface area contributed by atoms with Crippen LogP contribution in [0.3, 0.4) is 0 Å². The summed E-state index contributed by atoms with van der Waals surface area (Å²) in [6.07, 6.45) is 1.94. The van der Waals surface area contributed by atoms with Crippen molar-refractivity contribution in [1.29, 1.82) is 0 Å². The van der Waals surface area contributed by atoms with Gasteiger partial charge in [-0.2, -0.15) is 0 Å². The highest BCUT2D eigenvalue weighted by atomic mass is 127. The molecule has 1 aliphatic heterocycles. The van der Waals surface area contributed by atoms with E-state index in [0.717, 1.165) is 12.8 Å². The van der Waals surface area contributed by atoms with Gasteiger partial charge in [0.05, 0.1) is 5.69 Å². The second kappa shape index (κ2) is 4.98. The number of carbonyl (C=O) groups excluding carboxylic acids is 2. The van der Waals surface area contributed by atoms with E-state index in [0.29, 0.717) is 9.26 Å². The Morgan fingerprint density at radius 2 is 2.05 bits per heavy atom. The number of rotatable bonds is 2. The summed E-state index contributed by atoms with van der Waals surface area (Å²) in [5, 5.41) is 2.80. The Kier molecular flexibility index (Phi) is 3.43. The molecule has 2 fully saturated rings. The minimum atomic E-state index is -0.573. The third kappa shape index (κ3) is 2.30. The Morgan fingerprint density at radius 3 is 2.65 bits per heavy atom. The zero-order valence-corrected chi connectivity index (χ0v) is 13.1.